The third-order valence-electron chi connectivity index (χ3n) is 6.40. The molecule has 1 aromatic carbocycles. The SMILES string of the molecule is CCn1nc(C(=O)NC[C@@H]2CC[C@@H](C)C[C@H]2O)c(Cl)c1-c1ccc(CC(C)(C)C)cc1OC(F)F. The average Bonchev–Trinajstić information content (AvgIpc) is 3.08. The van der Waals surface area contributed by atoms with E-state index in [1.165, 1.54) is 4.68 Å². The Bertz CT molecular complexity index is 1040. The normalized spacial score (nSPS) is 20.8. The molecule has 0 spiro atoms. The number of halogens is 3. The molecule has 1 aromatic heterocycles. The maximum atomic E-state index is 13.3. The Balaban J connectivity index is 1.90. The van der Waals surface area contributed by atoms with Gasteiger partial charge in [0.15, 0.2) is 5.69 Å². The highest BCUT2D eigenvalue weighted by molar-refractivity contribution is 6.36. The number of rotatable bonds is 8. The van der Waals surface area contributed by atoms with E-state index in [-0.39, 0.29) is 27.8 Å². The van der Waals surface area contributed by atoms with Crippen molar-refractivity contribution >= 4 is 17.5 Å². The molecular formula is C26H36ClF2N3O3. The van der Waals surface area contributed by atoms with Crippen molar-refractivity contribution in [1.82, 2.24) is 15.1 Å². The lowest BCUT2D eigenvalue weighted by atomic mass is 9.81. The number of carbonyl (C=O) groups is 1. The minimum Gasteiger partial charge on any atom is -0.434 e. The van der Waals surface area contributed by atoms with Gasteiger partial charge in [-0.3, -0.25) is 9.48 Å². The second-order valence-corrected chi connectivity index (χ2v) is 11.1. The molecule has 0 aliphatic heterocycles. The Labute approximate surface area is 211 Å². The Kier molecular flexibility index (Phi) is 8.81. The van der Waals surface area contributed by atoms with Crippen molar-refractivity contribution in [3.63, 3.8) is 0 Å². The maximum Gasteiger partial charge on any atom is 0.387 e. The van der Waals surface area contributed by atoms with Crippen LogP contribution in [0.25, 0.3) is 11.3 Å². The first-order valence-electron chi connectivity index (χ1n) is 12.2. The molecule has 1 saturated carbocycles. The van der Waals surface area contributed by atoms with Gasteiger partial charge in [-0.05, 0) is 55.2 Å². The number of aliphatic hydroxyl groups excluding tert-OH is 1. The Hall–Kier alpha value is -2.19. The number of amides is 1. The number of alkyl halides is 2. The predicted octanol–water partition coefficient (Wildman–Crippen LogP) is 5.94. The molecule has 1 aliphatic rings. The monoisotopic (exact) mass is 511 g/mol. The molecule has 1 amide bonds. The van der Waals surface area contributed by atoms with Crippen LogP contribution in [0.4, 0.5) is 8.78 Å². The van der Waals surface area contributed by atoms with Crippen molar-refractivity contribution in [2.45, 2.75) is 79.6 Å². The molecule has 3 atom stereocenters. The second kappa shape index (κ2) is 11.2. The number of benzene rings is 1. The molecule has 0 saturated heterocycles. The fourth-order valence-electron chi connectivity index (χ4n) is 4.71. The molecule has 2 N–H and O–H groups in total. The van der Waals surface area contributed by atoms with Crippen LogP contribution in [0, 0.1) is 17.3 Å². The third kappa shape index (κ3) is 6.94. The van der Waals surface area contributed by atoms with Crippen LogP contribution >= 0.6 is 11.6 Å². The summed E-state index contributed by atoms with van der Waals surface area (Å²) in [6, 6.07) is 5.14. The molecule has 1 aliphatic carbocycles. The first-order valence-corrected chi connectivity index (χ1v) is 12.6. The predicted molar refractivity (Wildman–Crippen MR) is 133 cm³/mol. The van der Waals surface area contributed by atoms with Crippen LogP contribution in [-0.2, 0) is 13.0 Å². The molecule has 6 nitrogen and oxygen atoms in total. The maximum absolute atomic E-state index is 13.3. The Morgan fingerprint density at radius 1 is 1.34 bits per heavy atom. The first-order chi connectivity index (χ1) is 16.4. The van der Waals surface area contributed by atoms with Crippen LogP contribution in [0.15, 0.2) is 18.2 Å². The van der Waals surface area contributed by atoms with E-state index in [1.54, 1.807) is 12.1 Å². The van der Waals surface area contributed by atoms with Crippen LogP contribution in [-0.4, -0.2) is 40.1 Å². The highest BCUT2D eigenvalue weighted by atomic mass is 35.5. The van der Waals surface area contributed by atoms with Crippen LogP contribution in [0.2, 0.25) is 5.02 Å². The fraction of sp³-hybridized carbons (Fsp3) is 0.615. The average molecular weight is 512 g/mol. The number of carbonyl (C=O) groups excluding carboxylic acids is 1. The number of hydrogen-bond donors (Lipinski definition) is 2. The number of ether oxygens (including phenoxy) is 1. The number of nitrogens with one attached hydrogen (secondary N) is 1. The van der Waals surface area contributed by atoms with E-state index in [0.29, 0.717) is 43.1 Å². The molecule has 9 heteroatoms. The highest BCUT2D eigenvalue weighted by Gasteiger charge is 2.29. The lowest BCUT2D eigenvalue weighted by Crippen LogP contribution is -2.38. The smallest absolute Gasteiger partial charge is 0.387 e. The van der Waals surface area contributed by atoms with Gasteiger partial charge in [-0.25, -0.2) is 0 Å². The number of aryl methyl sites for hydroxylation is 1. The zero-order chi connectivity index (χ0) is 25.9. The first kappa shape index (κ1) is 27.4. The minimum atomic E-state index is -3.01. The summed E-state index contributed by atoms with van der Waals surface area (Å²) in [6.07, 6.45) is 2.77. The fourth-order valence-corrected chi connectivity index (χ4v) is 5.03. The van der Waals surface area contributed by atoms with Crippen molar-refractivity contribution in [3.05, 3.63) is 34.5 Å². The van der Waals surface area contributed by atoms with E-state index in [9.17, 15) is 18.7 Å². The molecule has 0 bridgehead atoms. The van der Waals surface area contributed by atoms with Gasteiger partial charge >= 0.3 is 6.61 Å². The van der Waals surface area contributed by atoms with Gasteiger partial charge in [0.1, 0.15) is 5.75 Å². The Morgan fingerprint density at radius 2 is 2.06 bits per heavy atom. The van der Waals surface area contributed by atoms with Crippen LogP contribution < -0.4 is 10.1 Å². The van der Waals surface area contributed by atoms with Crippen molar-refractivity contribution in [2.24, 2.45) is 17.3 Å². The van der Waals surface area contributed by atoms with Crippen molar-refractivity contribution in [1.29, 1.82) is 0 Å². The van der Waals surface area contributed by atoms with Crippen LogP contribution in [0.1, 0.15) is 69.9 Å². The molecule has 194 valence electrons. The highest BCUT2D eigenvalue weighted by Crippen LogP contribution is 2.39. The van der Waals surface area contributed by atoms with Gasteiger partial charge < -0.3 is 15.2 Å². The zero-order valence-electron chi connectivity index (χ0n) is 21.1. The topological polar surface area (TPSA) is 76.4 Å². The van der Waals surface area contributed by atoms with Crippen LogP contribution in [0.5, 0.6) is 5.75 Å². The third-order valence-corrected chi connectivity index (χ3v) is 6.76. The second-order valence-electron chi connectivity index (χ2n) is 10.7. The number of nitrogens with zero attached hydrogens (tertiary/aromatic N) is 2. The van der Waals surface area contributed by atoms with Gasteiger partial charge in [0, 0.05) is 24.6 Å². The summed E-state index contributed by atoms with van der Waals surface area (Å²) in [6.45, 7) is 7.81. The van der Waals surface area contributed by atoms with Gasteiger partial charge in [0.05, 0.1) is 16.8 Å². The van der Waals surface area contributed by atoms with Gasteiger partial charge in [-0.1, -0.05) is 51.8 Å². The lowest BCUT2D eigenvalue weighted by molar-refractivity contribution is -0.0495. The minimum absolute atomic E-state index is 0.00958. The van der Waals surface area contributed by atoms with Gasteiger partial charge in [-0.2, -0.15) is 13.9 Å². The summed E-state index contributed by atoms with van der Waals surface area (Å²) < 4.78 is 32.9. The standard InChI is InChI=1S/C26H36ClF2N3O3/c1-6-32-23(18-10-8-16(13-26(3,4)5)12-20(18)35-25(28)29)21(27)22(31-32)24(34)30-14-17-9-7-15(2)11-19(17)33/h8,10,12,15,17,19,25,33H,6-7,9,11,13-14H2,1-5H3,(H,30,34)/t15-,17+,19-/m1/s1. The largest absolute Gasteiger partial charge is 0.434 e. The van der Waals surface area contributed by atoms with E-state index < -0.39 is 18.6 Å². The van der Waals surface area contributed by atoms with Crippen molar-refractivity contribution in [2.75, 3.05) is 6.54 Å². The van der Waals surface area contributed by atoms with Gasteiger partial charge in [0.2, 0.25) is 0 Å². The summed E-state index contributed by atoms with van der Waals surface area (Å²) in [5.41, 5.74) is 1.53. The van der Waals surface area contributed by atoms with Crippen LogP contribution in [0.3, 0.4) is 0 Å². The zero-order valence-corrected chi connectivity index (χ0v) is 21.8. The van der Waals surface area contributed by atoms with Crippen molar-refractivity contribution < 1.29 is 23.4 Å². The van der Waals surface area contributed by atoms with E-state index >= 15 is 0 Å². The Morgan fingerprint density at radius 3 is 2.66 bits per heavy atom. The molecular weight excluding hydrogens is 476 g/mol. The van der Waals surface area contributed by atoms with E-state index in [2.05, 4.69) is 38.1 Å². The lowest BCUT2D eigenvalue weighted by Gasteiger charge is -2.31. The number of hydrogen-bond acceptors (Lipinski definition) is 4. The molecule has 35 heavy (non-hydrogen) atoms. The van der Waals surface area contributed by atoms with E-state index in [4.69, 9.17) is 16.3 Å². The number of aromatic nitrogens is 2. The van der Waals surface area contributed by atoms with Crippen molar-refractivity contribution in [3.8, 4) is 17.0 Å². The van der Waals surface area contributed by atoms with E-state index in [0.717, 1.165) is 18.4 Å². The summed E-state index contributed by atoms with van der Waals surface area (Å²) in [5.74, 6) is -0.0312. The molecule has 2 aromatic rings. The quantitative estimate of drug-likeness (QED) is 0.460. The summed E-state index contributed by atoms with van der Waals surface area (Å²) >= 11 is 6.63. The summed E-state index contributed by atoms with van der Waals surface area (Å²) in [5, 5.41) is 17.6. The molecule has 1 heterocycles. The molecule has 3 rings (SSSR count). The molecule has 0 radical (unpaired) electrons. The molecule has 1 fully saturated rings. The summed E-state index contributed by atoms with van der Waals surface area (Å²) in [7, 11) is 0. The summed E-state index contributed by atoms with van der Waals surface area (Å²) in [4.78, 5) is 13.0. The molecule has 0 unspecified atom stereocenters. The van der Waals surface area contributed by atoms with Gasteiger partial charge in [0.25, 0.3) is 5.91 Å². The van der Waals surface area contributed by atoms with E-state index in [1.807, 2.05) is 13.0 Å². The number of aliphatic hydroxyl groups is 1. The van der Waals surface area contributed by atoms with Gasteiger partial charge in [-0.15, -0.1) is 0 Å².